The Morgan fingerprint density at radius 3 is 2.62 bits per heavy atom. The number of hydrogen-bond acceptors (Lipinski definition) is 7. The fourth-order valence-corrected chi connectivity index (χ4v) is 3.01. The number of carbonyl (C=O) groups excluding carboxylic acids is 1. The minimum atomic E-state index is 0.0463. The molecule has 9 heteroatoms. The van der Waals surface area contributed by atoms with Crippen LogP contribution in [0.3, 0.4) is 0 Å². The molecular formula is C17H26N8O. The summed E-state index contributed by atoms with van der Waals surface area (Å²) >= 11 is 0. The third kappa shape index (κ3) is 4.75. The molecule has 1 fully saturated rings. The molecule has 26 heavy (non-hydrogen) atoms. The normalized spacial score (nSPS) is 15.4. The molecule has 1 amide bonds. The van der Waals surface area contributed by atoms with Gasteiger partial charge in [0.2, 0.25) is 11.9 Å². The minimum absolute atomic E-state index is 0.0463. The molecule has 1 N–H and O–H groups in total. The molecule has 140 valence electrons. The molecule has 3 heterocycles. The average Bonchev–Trinajstić information content (AvgIpc) is 3.12. The Bertz CT molecular complexity index is 694. The van der Waals surface area contributed by atoms with Gasteiger partial charge in [0.15, 0.2) is 0 Å². The van der Waals surface area contributed by atoms with Crippen LogP contribution < -0.4 is 10.2 Å². The summed E-state index contributed by atoms with van der Waals surface area (Å²) in [5.74, 6) is 1.70. The predicted molar refractivity (Wildman–Crippen MR) is 97.8 cm³/mol. The molecule has 2 aromatic heterocycles. The first-order valence-corrected chi connectivity index (χ1v) is 9.03. The number of nitrogens with one attached hydrogen (secondary N) is 1. The SMILES string of the molecule is CC(C)n1cnnc1CCNC(=O)CN1CCN(c2ncccn2)CC1. The van der Waals surface area contributed by atoms with Crippen molar-refractivity contribution in [3.8, 4) is 0 Å². The standard InChI is InChI=1S/C17H26N8O/c1-14(2)25-13-21-22-15(25)4-7-18-16(26)12-23-8-10-24(11-9-23)17-19-5-3-6-20-17/h3,5-6,13-14H,4,7-12H2,1-2H3,(H,18,26). The first-order valence-electron chi connectivity index (χ1n) is 9.03. The number of nitrogens with zero attached hydrogens (tertiary/aromatic N) is 7. The van der Waals surface area contributed by atoms with Gasteiger partial charge in [-0.15, -0.1) is 10.2 Å². The van der Waals surface area contributed by atoms with E-state index < -0.39 is 0 Å². The first kappa shape index (κ1) is 18.2. The van der Waals surface area contributed by atoms with Crippen LogP contribution in [-0.4, -0.2) is 74.8 Å². The number of anilines is 1. The van der Waals surface area contributed by atoms with Crippen LogP contribution in [0.25, 0.3) is 0 Å². The number of aromatic nitrogens is 5. The number of amides is 1. The summed E-state index contributed by atoms with van der Waals surface area (Å²) in [4.78, 5) is 25.0. The minimum Gasteiger partial charge on any atom is -0.355 e. The van der Waals surface area contributed by atoms with E-state index >= 15 is 0 Å². The Labute approximate surface area is 153 Å². The molecule has 0 aliphatic carbocycles. The van der Waals surface area contributed by atoms with Gasteiger partial charge in [-0.2, -0.15) is 0 Å². The zero-order chi connectivity index (χ0) is 18.4. The summed E-state index contributed by atoms with van der Waals surface area (Å²) in [5, 5.41) is 11.0. The van der Waals surface area contributed by atoms with Gasteiger partial charge in [0.25, 0.3) is 0 Å². The van der Waals surface area contributed by atoms with Gasteiger partial charge >= 0.3 is 0 Å². The maximum Gasteiger partial charge on any atom is 0.234 e. The van der Waals surface area contributed by atoms with Crippen LogP contribution in [0.5, 0.6) is 0 Å². The van der Waals surface area contributed by atoms with Crippen molar-refractivity contribution in [1.82, 2.24) is 34.9 Å². The lowest BCUT2D eigenvalue weighted by molar-refractivity contribution is -0.122. The Morgan fingerprint density at radius 2 is 1.92 bits per heavy atom. The molecule has 0 aromatic carbocycles. The fraction of sp³-hybridized carbons (Fsp3) is 0.588. The molecule has 1 aliphatic heterocycles. The van der Waals surface area contributed by atoms with Crippen LogP contribution >= 0.6 is 0 Å². The molecule has 1 saturated heterocycles. The van der Waals surface area contributed by atoms with Gasteiger partial charge in [-0.3, -0.25) is 9.69 Å². The van der Waals surface area contributed by atoms with Crippen LogP contribution in [0.15, 0.2) is 24.8 Å². The van der Waals surface area contributed by atoms with Crippen LogP contribution in [-0.2, 0) is 11.2 Å². The fourth-order valence-electron chi connectivity index (χ4n) is 3.01. The van der Waals surface area contributed by atoms with E-state index in [2.05, 4.69) is 49.1 Å². The topological polar surface area (TPSA) is 92.1 Å². The van der Waals surface area contributed by atoms with Crippen LogP contribution in [0.2, 0.25) is 0 Å². The Morgan fingerprint density at radius 1 is 1.19 bits per heavy atom. The van der Waals surface area contributed by atoms with Crippen molar-refractivity contribution in [3.63, 3.8) is 0 Å². The average molecular weight is 358 g/mol. The van der Waals surface area contributed by atoms with Crippen molar-refractivity contribution in [2.75, 3.05) is 44.2 Å². The van der Waals surface area contributed by atoms with Crippen molar-refractivity contribution < 1.29 is 4.79 Å². The smallest absolute Gasteiger partial charge is 0.234 e. The number of carbonyl (C=O) groups is 1. The second-order valence-corrected chi connectivity index (χ2v) is 6.66. The first-order chi connectivity index (χ1) is 12.6. The van der Waals surface area contributed by atoms with Gasteiger partial charge in [-0.25, -0.2) is 9.97 Å². The third-order valence-corrected chi connectivity index (χ3v) is 4.45. The van der Waals surface area contributed by atoms with E-state index in [-0.39, 0.29) is 5.91 Å². The lowest BCUT2D eigenvalue weighted by atomic mass is 10.3. The summed E-state index contributed by atoms with van der Waals surface area (Å²) in [6.07, 6.45) is 5.92. The maximum absolute atomic E-state index is 12.2. The van der Waals surface area contributed by atoms with E-state index in [1.165, 1.54) is 0 Å². The molecule has 9 nitrogen and oxygen atoms in total. The van der Waals surface area contributed by atoms with Gasteiger partial charge in [0.05, 0.1) is 6.54 Å². The molecule has 0 bridgehead atoms. The van der Waals surface area contributed by atoms with Crippen molar-refractivity contribution in [2.24, 2.45) is 0 Å². The molecule has 0 atom stereocenters. The van der Waals surface area contributed by atoms with E-state index in [0.717, 1.165) is 38.0 Å². The lowest BCUT2D eigenvalue weighted by Gasteiger charge is -2.34. The molecule has 1 aliphatic rings. The van der Waals surface area contributed by atoms with E-state index in [1.54, 1.807) is 18.7 Å². The predicted octanol–water partition coefficient (Wildman–Crippen LogP) is 0.130. The molecule has 0 spiro atoms. The highest BCUT2D eigenvalue weighted by molar-refractivity contribution is 5.78. The highest BCUT2D eigenvalue weighted by atomic mass is 16.2. The lowest BCUT2D eigenvalue weighted by Crippen LogP contribution is -2.50. The summed E-state index contributed by atoms with van der Waals surface area (Å²) in [6, 6.07) is 2.13. The second kappa shape index (κ2) is 8.70. The van der Waals surface area contributed by atoms with Crippen LogP contribution in [0.1, 0.15) is 25.7 Å². The quantitative estimate of drug-likeness (QED) is 0.752. The molecule has 2 aromatic rings. The Balaban J connectivity index is 1.37. The van der Waals surface area contributed by atoms with Crippen LogP contribution in [0, 0.1) is 0 Å². The molecular weight excluding hydrogens is 332 g/mol. The zero-order valence-corrected chi connectivity index (χ0v) is 15.4. The van der Waals surface area contributed by atoms with E-state index in [0.29, 0.717) is 25.6 Å². The number of piperazine rings is 1. The Kier molecular flexibility index (Phi) is 6.11. The monoisotopic (exact) mass is 358 g/mol. The number of rotatable bonds is 7. The van der Waals surface area contributed by atoms with Crippen molar-refractivity contribution in [3.05, 3.63) is 30.6 Å². The highest BCUT2D eigenvalue weighted by Crippen LogP contribution is 2.09. The van der Waals surface area contributed by atoms with E-state index in [1.807, 2.05) is 10.6 Å². The van der Waals surface area contributed by atoms with Gasteiger partial charge in [0.1, 0.15) is 12.2 Å². The van der Waals surface area contributed by atoms with Crippen molar-refractivity contribution in [2.45, 2.75) is 26.3 Å². The maximum atomic E-state index is 12.2. The van der Waals surface area contributed by atoms with Crippen molar-refractivity contribution >= 4 is 11.9 Å². The third-order valence-electron chi connectivity index (χ3n) is 4.45. The molecule has 0 radical (unpaired) electrons. The number of hydrogen-bond donors (Lipinski definition) is 1. The van der Waals surface area contributed by atoms with E-state index in [9.17, 15) is 4.79 Å². The van der Waals surface area contributed by atoms with Gasteiger partial charge in [0, 0.05) is 57.6 Å². The molecule has 0 unspecified atom stereocenters. The second-order valence-electron chi connectivity index (χ2n) is 6.66. The zero-order valence-electron chi connectivity index (χ0n) is 15.4. The van der Waals surface area contributed by atoms with Gasteiger partial charge < -0.3 is 14.8 Å². The Hall–Kier alpha value is -2.55. The molecule has 0 saturated carbocycles. The summed E-state index contributed by atoms with van der Waals surface area (Å²) in [5.41, 5.74) is 0. The summed E-state index contributed by atoms with van der Waals surface area (Å²) < 4.78 is 2.02. The summed E-state index contributed by atoms with van der Waals surface area (Å²) in [6.45, 7) is 8.48. The highest BCUT2D eigenvalue weighted by Gasteiger charge is 2.20. The largest absolute Gasteiger partial charge is 0.355 e. The van der Waals surface area contributed by atoms with Gasteiger partial charge in [-0.05, 0) is 19.9 Å². The summed E-state index contributed by atoms with van der Waals surface area (Å²) in [7, 11) is 0. The van der Waals surface area contributed by atoms with E-state index in [4.69, 9.17) is 0 Å². The molecule has 3 rings (SSSR count). The van der Waals surface area contributed by atoms with Crippen LogP contribution in [0.4, 0.5) is 5.95 Å². The van der Waals surface area contributed by atoms with Gasteiger partial charge in [-0.1, -0.05) is 0 Å². The van der Waals surface area contributed by atoms with Crippen molar-refractivity contribution in [1.29, 1.82) is 0 Å².